The van der Waals surface area contributed by atoms with E-state index in [0.29, 0.717) is 30.2 Å². The van der Waals surface area contributed by atoms with Gasteiger partial charge in [0.2, 0.25) is 0 Å². The molecule has 0 bridgehead atoms. The number of halogens is 3. The summed E-state index contributed by atoms with van der Waals surface area (Å²) in [5.74, 6) is -2.92. The number of benzene rings is 2. The number of carbonyl (C=O) groups is 1. The average Bonchev–Trinajstić information content (AvgIpc) is 3.16. The number of nitrogens with one attached hydrogen (secondary N) is 2. The number of hydrogen-bond donors (Lipinski definition) is 2. The van der Waals surface area contributed by atoms with Crippen LogP contribution in [-0.4, -0.2) is 25.3 Å². The number of amides is 2. The molecule has 8 heteroatoms. The molecule has 27 heavy (non-hydrogen) atoms. The minimum atomic E-state index is -1.28. The zero-order chi connectivity index (χ0) is 19.2. The maximum absolute atomic E-state index is 13.6. The molecule has 1 aliphatic rings. The van der Waals surface area contributed by atoms with Crippen molar-refractivity contribution in [1.29, 1.82) is 0 Å². The normalized spacial score (nSPS) is 16.2. The van der Waals surface area contributed by atoms with Crippen molar-refractivity contribution in [1.82, 2.24) is 5.32 Å². The molecule has 1 atom stereocenters. The second-order valence-electron chi connectivity index (χ2n) is 6.11. The molecular formula is C19H19F3N2O3. The highest BCUT2D eigenvalue weighted by molar-refractivity contribution is 5.90. The molecule has 0 unspecified atom stereocenters. The standard InChI is InChI=1S/C19H19F3N2O3/c20-14-9-16(22)15(21)8-12(14)10-23-19(25)24-17-5-1-2-6-18(17)27-11-13-4-3-7-26-13/h1-2,5-6,8-9,13H,3-4,7,10-11H2,(H2,23,24,25)/t13-/m1/s1. The number of para-hydroxylation sites is 2. The highest BCUT2D eigenvalue weighted by atomic mass is 19.2. The molecule has 3 rings (SSSR count). The smallest absolute Gasteiger partial charge is 0.319 e. The number of ether oxygens (including phenoxy) is 2. The lowest BCUT2D eigenvalue weighted by Gasteiger charge is -2.15. The molecule has 2 aromatic rings. The van der Waals surface area contributed by atoms with E-state index < -0.39 is 23.5 Å². The fraction of sp³-hybridized carbons (Fsp3) is 0.316. The summed E-state index contributed by atoms with van der Waals surface area (Å²) in [7, 11) is 0. The van der Waals surface area contributed by atoms with Crippen molar-refractivity contribution in [3.63, 3.8) is 0 Å². The van der Waals surface area contributed by atoms with Crippen molar-refractivity contribution in [3.05, 3.63) is 59.4 Å². The van der Waals surface area contributed by atoms with Crippen LogP contribution in [0.3, 0.4) is 0 Å². The Morgan fingerprint density at radius 2 is 1.93 bits per heavy atom. The predicted molar refractivity (Wildman–Crippen MR) is 93.1 cm³/mol. The Hall–Kier alpha value is -2.74. The molecule has 0 spiro atoms. The van der Waals surface area contributed by atoms with E-state index in [4.69, 9.17) is 9.47 Å². The van der Waals surface area contributed by atoms with Crippen LogP contribution in [0.25, 0.3) is 0 Å². The molecule has 2 N–H and O–H groups in total. The van der Waals surface area contributed by atoms with Gasteiger partial charge in [-0.25, -0.2) is 18.0 Å². The van der Waals surface area contributed by atoms with E-state index in [9.17, 15) is 18.0 Å². The average molecular weight is 380 g/mol. The van der Waals surface area contributed by atoms with Gasteiger partial charge in [0.25, 0.3) is 0 Å². The largest absolute Gasteiger partial charge is 0.489 e. The molecule has 1 heterocycles. The minimum absolute atomic E-state index is 0.0308. The molecule has 1 saturated heterocycles. The summed E-state index contributed by atoms with van der Waals surface area (Å²) in [6.45, 7) is 0.797. The number of hydrogen-bond acceptors (Lipinski definition) is 3. The highest BCUT2D eigenvalue weighted by Crippen LogP contribution is 2.25. The van der Waals surface area contributed by atoms with Crippen LogP contribution >= 0.6 is 0 Å². The summed E-state index contributed by atoms with van der Waals surface area (Å²) in [6, 6.07) is 7.38. The molecule has 0 saturated carbocycles. The van der Waals surface area contributed by atoms with E-state index in [1.165, 1.54) is 0 Å². The Morgan fingerprint density at radius 3 is 2.70 bits per heavy atom. The monoisotopic (exact) mass is 380 g/mol. The molecule has 1 aliphatic heterocycles. The van der Waals surface area contributed by atoms with Crippen LogP contribution in [0.2, 0.25) is 0 Å². The third-order valence-electron chi connectivity index (χ3n) is 4.11. The van der Waals surface area contributed by atoms with Crippen molar-refractivity contribution < 1.29 is 27.4 Å². The summed E-state index contributed by atoms with van der Waals surface area (Å²) in [5, 5.41) is 5.00. The van der Waals surface area contributed by atoms with Crippen LogP contribution in [0.15, 0.2) is 36.4 Å². The van der Waals surface area contributed by atoms with Crippen LogP contribution in [0.5, 0.6) is 5.75 Å². The number of carbonyl (C=O) groups excluding carboxylic acids is 1. The molecule has 5 nitrogen and oxygen atoms in total. The van der Waals surface area contributed by atoms with Gasteiger partial charge in [-0.2, -0.15) is 0 Å². The van der Waals surface area contributed by atoms with E-state index in [1.807, 2.05) is 0 Å². The van der Waals surface area contributed by atoms with Crippen LogP contribution in [0.1, 0.15) is 18.4 Å². The number of urea groups is 1. The Balaban J connectivity index is 1.57. The third-order valence-corrected chi connectivity index (χ3v) is 4.11. The SMILES string of the molecule is O=C(NCc1cc(F)c(F)cc1F)Nc1ccccc1OC[C@H]1CCCO1. The first-order valence-electron chi connectivity index (χ1n) is 8.54. The fourth-order valence-electron chi connectivity index (χ4n) is 2.70. The van der Waals surface area contributed by atoms with Crippen molar-refractivity contribution >= 4 is 11.7 Å². The van der Waals surface area contributed by atoms with Crippen LogP contribution in [0.4, 0.5) is 23.7 Å². The van der Waals surface area contributed by atoms with E-state index in [1.54, 1.807) is 24.3 Å². The quantitative estimate of drug-likeness (QED) is 0.746. The van der Waals surface area contributed by atoms with Gasteiger partial charge in [0.05, 0.1) is 11.8 Å². The van der Waals surface area contributed by atoms with Gasteiger partial charge in [0.1, 0.15) is 18.2 Å². The van der Waals surface area contributed by atoms with Gasteiger partial charge in [-0.05, 0) is 31.0 Å². The van der Waals surface area contributed by atoms with Crippen LogP contribution in [0, 0.1) is 17.5 Å². The molecule has 0 aromatic heterocycles. The van der Waals surface area contributed by atoms with Crippen molar-refractivity contribution in [2.75, 3.05) is 18.5 Å². The minimum Gasteiger partial charge on any atom is -0.489 e. The van der Waals surface area contributed by atoms with Gasteiger partial charge in [0.15, 0.2) is 11.6 Å². The molecular weight excluding hydrogens is 361 g/mol. The lowest BCUT2D eigenvalue weighted by Crippen LogP contribution is -2.29. The van der Waals surface area contributed by atoms with Gasteiger partial charge in [-0.1, -0.05) is 12.1 Å². The summed E-state index contributed by atoms with van der Waals surface area (Å²) < 4.78 is 51.0. The van der Waals surface area contributed by atoms with E-state index in [2.05, 4.69) is 10.6 Å². The molecule has 1 fully saturated rings. The summed E-state index contributed by atoms with van der Waals surface area (Å²) in [6.07, 6.45) is 1.95. The fourth-order valence-corrected chi connectivity index (χ4v) is 2.70. The Morgan fingerprint density at radius 1 is 1.15 bits per heavy atom. The highest BCUT2D eigenvalue weighted by Gasteiger charge is 2.17. The first-order valence-corrected chi connectivity index (χ1v) is 8.54. The molecule has 2 amide bonds. The second-order valence-corrected chi connectivity index (χ2v) is 6.11. The molecule has 0 radical (unpaired) electrons. The predicted octanol–water partition coefficient (Wildman–Crippen LogP) is 3.98. The van der Waals surface area contributed by atoms with Crippen molar-refractivity contribution in [3.8, 4) is 5.75 Å². The summed E-state index contributed by atoms with van der Waals surface area (Å²) >= 11 is 0. The summed E-state index contributed by atoms with van der Waals surface area (Å²) in [4.78, 5) is 12.1. The Kier molecular flexibility index (Phi) is 6.18. The molecule has 144 valence electrons. The first-order chi connectivity index (χ1) is 13.0. The topological polar surface area (TPSA) is 59.6 Å². The van der Waals surface area contributed by atoms with Gasteiger partial charge in [-0.3, -0.25) is 0 Å². The zero-order valence-corrected chi connectivity index (χ0v) is 14.4. The van der Waals surface area contributed by atoms with Gasteiger partial charge < -0.3 is 20.1 Å². The van der Waals surface area contributed by atoms with Crippen molar-refractivity contribution in [2.45, 2.75) is 25.5 Å². The van der Waals surface area contributed by atoms with Gasteiger partial charge in [0, 0.05) is 24.8 Å². The second kappa shape index (κ2) is 8.77. The van der Waals surface area contributed by atoms with Crippen LogP contribution < -0.4 is 15.4 Å². The number of rotatable bonds is 6. The first kappa shape index (κ1) is 19.0. The Bertz CT molecular complexity index is 811. The molecule has 0 aliphatic carbocycles. The maximum atomic E-state index is 13.6. The van der Waals surface area contributed by atoms with E-state index >= 15 is 0 Å². The van der Waals surface area contributed by atoms with Crippen molar-refractivity contribution in [2.24, 2.45) is 0 Å². The lowest BCUT2D eigenvalue weighted by atomic mass is 10.2. The maximum Gasteiger partial charge on any atom is 0.319 e. The number of anilines is 1. The lowest BCUT2D eigenvalue weighted by molar-refractivity contribution is 0.0682. The van der Waals surface area contributed by atoms with Crippen LogP contribution in [-0.2, 0) is 11.3 Å². The molecule has 2 aromatic carbocycles. The van der Waals surface area contributed by atoms with E-state index in [-0.39, 0.29) is 18.2 Å². The third kappa shape index (κ3) is 5.13. The summed E-state index contributed by atoms with van der Waals surface area (Å²) in [5.41, 5.74) is 0.269. The van der Waals surface area contributed by atoms with Gasteiger partial charge in [-0.15, -0.1) is 0 Å². The Labute approximate surface area is 154 Å². The van der Waals surface area contributed by atoms with E-state index in [0.717, 1.165) is 19.4 Å². The zero-order valence-electron chi connectivity index (χ0n) is 14.4. The van der Waals surface area contributed by atoms with Gasteiger partial charge >= 0.3 is 6.03 Å².